The molecule has 0 heterocycles. The van der Waals surface area contributed by atoms with Crippen LogP contribution in [0.25, 0.3) is 0 Å². The molecule has 0 atom stereocenters. The monoisotopic (exact) mass is 302 g/mol. The van der Waals surface area contributed by atoms with E-state index in [4.69, 9.17) is 14.6 Å². The van der Waals surface area contributed by atoms with Gasteiger partial charge in [-0.05, 0) is 18.6 Å². The molecule has 1 aromatic carbocycles. The van der Waals surface area contributed by atoms with Crippen LogP contribution in [0.5, 0.6) is 11.5 Å². The van der Waals surface area contributed by atoms with E-state index in [2.05, 4.69) is 0 Å². The summed E-state index contributed by atoms with van der Waals surface area (Å²) in [5, 5.41) is 9.04. The number of carboxylic acids is 1. The SMILES string of the molecule is CCS(=O)(=O)CCCOc1cc(OC)ccc1C(=O)O. The van der Waals surface area contributed by atoms with Crippen LogP contribution in [0.1, 0.15) is 23.7 Å². The predicted molar refractivity (Wildman–Crippen MR) is 74.4 cm³/mol. The normalized spacial score (nSPS) is 11.1. The third-order valence-corrected chi connectivity index (χ3v) is 4.51. The Bertz CT molecular complexity index is 564. The summed E-state index contributed by atoms with van der Waals surface area (Å²) in [6.45, 7) is 1.72. The number of hydrogen-bond acceptors (Lipinski definition) is 5. The lowest BCUT2D eigenvalue weighted by atomic mass is 10.2. The largest absolute Gasteiger partial charge is 0.497 e. The second kappa shape index (κ2) is 7.14. The molecule has 112 valence electrons. The van der Waals surface area contributed by atoms with Gasteiger partial charge in [-0.2, -0.15) is 0 Å². The lowest BCUT2D eigenvalue weighted by Crippen LogP contribution is -2.12. The lowest BCUT2D eigenvalue weighted by Gasteiger charge is -2.10. The second-order valence-electron chi connectivity index (χ2n) is 4.11. The van der Waals surface area contributed by atoms with Crippen molar-refractivity contribution in [1.82, 2.24) is 0 Å². The first-order valence-corrected chi connectivity index (χ1v) is 7.96. The highest BCUT2D eigenvalue weighted by Gasteiger charge is 2.13. The van der Waals surface area contributed by atoms with E-state index in [9.17, 15) is 13.2 Å². The number of rotatable bonds is 8. The minimum Gasteiger partial charge on any atom is -0.497 e. The van der Waals surface area contributed by atoms with Crippen LogP contribution in [0, 0.1) is 0 Å². The molecular formula is C13H18O6S. The van der Waals surface area contributed by atoms with Crippen molar-refractivity contribution < 1.29 is 27.8 Å². The second-order valence-corrected chi connectivity index (χ2v) is 6.58. The molecule has 0 aliphatic rings. The summed E-state index contributed by atoms with van der Waals surface area (Å²) >= 11 is 0. The summed E-state index contributed by atoms with van der Waals surface area (Å²) in [4.78, 5) is 11.0. The zero-order chi connectivity index (χ0) is 15.2. The predicted octanol–water partition coefficient (Wildman–Crippen LogP) is 1.60. The van der Waals surface area contributed by atoms with E-state index in [1.165, 1.54) is 25.3 Å². The molecule has 1 aromatic rings. The summed E-state index contributed by atoms with van der Waals surface area (Å²) in [7, 11) is -1.57. The van der Waals surface area contributed by atoms with Crippen LogP contribution in [-0.4, -0.2) is 44.7 Å². The van der Waals surface area contributed by atoms with E-state index >= 15 is 0 Å². The molecule has 7 heteroatoms. The van der Waals surface area contributed by atoms with Crippen LogP contribution in [0.15, 0.2) is 18.2 Å². The van der Waals surface area contributed by atoms with Crippen molar-refractivity contribution in [2.45, 2.75) is 13.3 Å². The number of benzene rings is 1. The van der Waals surface area contributed by atoms with Crippen LogP contribution < -0.4 is 9.47 Å². The maximum atomic E-state index is 11.3. The fourth-order valence-corrected chi connectivity index (χ4v) is 2.38. The minimum atomic E-state index is -3.03. The van der Waals surface area contributed by atoms with Crippen molar-refractivity contribution in [1.29, 1.82) is 0 Å². The third-order valence-electron chi connectivity index (χ3n) is 2.72. The van der Waals surface area contributed by atoms with Gasteiger partial charge in [-0.25, -0.2) is 13.2 Å². The number of carbonyl (C=O) groups is 1. The summed E-state index contributed by atoms with van der Waals surface area (Å²) in [6, 6.07) is 4.38. The van der Waals surface area contributed by atoms with Gasteiger partial charge in [0, 0.05) is 11.8 Å². The molecule has 0 saturated heterocycles. The molecule has 0 aliphatic heterocycles. The molecular weight excluding hydrogens is 284 g/mol. The van der Waals surface area contributed by atoms with Gasteiger partial charge >= 0.3 is 5.97 Å². The van der Waals surface area contributed by atoms with Crippen LogP contribution >= 0.6 is 0 Å². The first kappa shape index (κ1) is 16.3. The van der Waals surface area contributed by atoms with Crippen molar-refractivity contribution in [3.05, 3.63) is 23.8 Å². The molecule has 1 N–H and O–H groups in total. The van der Waals surface area contributed by atoms with E-state index < -0.39 is 15.8 Å². The Labute approximate surface area is 118 Å². The molecule has 0 fully saturated rings. The Balaban J connectivity index is 2.69. The van der Waals surface area contributed by atoms with Gasteiger partial charge < -0.3 is 14.6 Å². The van der Waals surface area contributed by atoms with Crippen LogP contribution in [0.2, 0.25) is 0 Å². The van der Waals surface area contributed by atoms with Gasteiger partial charge in [0.2, 0.25) is 0 Å². The van der Waals surface area contributed by atoms with Crippen molar-refractivity contribution >= 4 is 15.8 Å². The highest BCUT2D eigenvalue weighted by atomic mass is 32.2. The third kappa shape index (κ3) is 4.73. The van der Waals surface area contributed by atoms with E-state index in [-0.39, 0.29) is 29.4 Å². The zero-order valence-corrected chi connectivity index (χ0v) is 12.3. The Morgan fingerprint density at radius 2 is 2.05 bits per heavy atom. The molecule has 0 saturated carbocycles. The Hall–Kier alpha value is -1.76. The van der Waals surface area contributed by atoms with Crippen molar-refractivity contribution in [2.75, 3.05) is 25.2 Å². The topological polar surface area (TPSA) is 89.9 Å². The standard InChI is InChI=1S/C13H18O6S/c1-3-20(16,17)8-4-7-19-12-9-10(18-2)5-6-11(12)13(14)15/h5-6,9H,3-4,7-8H2,1-2H3,(H,14,15). The van der Waals surface area contributed by atoms with Crippen molar-refractivity contribution in [2.24, 2.45) is 0 Å². The minimum absolute atomic E-state index is 0.0177. The molecule has 20 heavy (non-hydrogen) atoms. The van der Waals surface area contributed by atoms with E-state index in [0.29, 0.717) is 12.2 Å². The molecule has 0 spiro atoms. The van der Waals surface area contributed by atoms with E-state index in [1.807, 2.05) is 0 Å². The average molecular weight is 302 g/mol. The summed E-state index contributed by atoms with van der Waals surface area (Å²) in [5.74, 6) is -0.344. The smallest absolute Gasteiger partial charge is 0.339 e. The molecule has 0 radical (unpaired) electrons. The van der Waals surface area contributed by atoms with Crippen molar-refractivity contribution in [3.63, 3.8) is 0 Å². The highest BCUT2D eigenvalue weighted by Crippen LogP contribution is 2.25. The van der Waals surface area contributed by atoms with Gasteiger partial charge in [-0.1, -0.05) is 6.92 Å². The molecule has 0 bridgehead atoms. The number of methoxy groups -OCH3 is 1. The number of aromatic carboxylic acids is 1. The fourth-order valence-electron chi connectivity index (χ4n) is 1.53. The van der Waals surface area contributed by atoms with Gasteiger partial charge in [0.05, 0.1) is 19.5 Å². The number of ether oxygens (including phenoxy) is 2. The number of carboxylic acid groups (broad SMARTS) is 1. The molecule has 0 unspecified atom stereocenters. The Kier molecular flexibility index (Phi) is 5.82. The van der Waals surface area contributed by atoms with Gasteiger partial charge in [0.15, 0.2) is 0 Å². The zero-order valence-electron chi connectivity index (χ0n) is 11.5. The summed E-state index contributed by atoms with van der Waals surface area (Å²) in [6.07, 6.45) is 0.312. The average Bonchev–Trinajstić information content (AvgIpc) is 2.43. The van der Waals surface area contributed by atoms with Crippen molar-refractivity contribution in [3.8, 4) is 11.5 Å². The van der Waals surface area contributed by atoms with Gasteiger partial charge in [0.25, 0.3) is 0 Å². The molecule has 1 rings (SSSR count). The highest BCUT2D eigenvalue weighted by molar-refractivity contribution is 7.91. The number of hydrogen-bond donors (Lipinski definition) is 1. The van der Waals surface area contributed by atoms with E-state index in [0.717, 1.165) is 0 Å². The first-order valence-electron chi connectivity index (χ1n) is 6.14. The lowest BCUT2D eigenvalue weighted by molar-refractivity contribution is 0.0692. The Morgan fingerprint density at radius 1 is 1.35 bits per heavy atom. The maximum Gasteiger partial charge on any atom is 0.339 e. The molecule has 0 amide bonds. The quantitative estimate of drug-likeness (QED) is 0.734. The molecule has 0 aromatic heterocycles. The van der Waals surface area contributed by atoms with Gasteiger partial charge in [-0.15, -0.1) is 0 Å². The summed E-state index contributed by atoms with van der Waals surface area (Å²) in [5.41, 5.74) is 0.0177. The number of sulfone groups is 1. The Morgan fingerprint density at radius 3 is 2.60 bits per heavy atom. The summed E-state index contributed by atoms with van der Waals surface area (Å²) < 4.78 is 33.0. The fraction of sp³-hybridized carbons (Fsp3) is 0.462. The van der Waals surface area contributed by atoms with Crippen LogP contribution in [0.3, 0.4) is 0 Å². The maximum absolute atomic E-state index is 11.3. The van der Waals surface area contributed by atoms with Crippen LogP contribution in [-0.2, 0) is 9.84 Å². The first-order chi connectivity index (χ1) is 9.39. The van der Waals surface area contributed by atoms with E-state index in [1.54, 1.807) is 6.92 Å². The van der Waals surface area contributed by atoms with Gasteiger partial charge in [-0.3, -0.25) is 0 Å². The van der Waals surface area contributed by atoms with Crippen LogP contribution in [0.4, 0.5) is 0 Å². The molecule has 0 aliphatic carbocycles. The van der Waals surface area contributed by atoms with Gasteiger partial charge in [0.1, 0.15) is 26.9 Å². The molecule has 6 nitrogen and oxygen atoms in total.